The summed E-state index contributed by atoms with van der Waals surface area (Å²) in [7, 11) is 0. The second-order valence-corrected chi connectivity index (χ2v) is 8.62. The molecule has 1 aliphatic rings. The number of rotatable bonds is 7. The van der Waals surface area contributed by atoms with Crippen molar-refractivity contribution in [3.8, 4) is 0 Å². The predicted molar refractivity (Wildman–Crippen MR) is 108 cm³/mol. The zero-order valence-electron chi connectivity index (χ0n) is 16.9. The summed E-state index contributed by atoms with van der Waals surface area (Å²) in [6.45, 7) is 6.12. The smallest absolute Gasteiger partial charge is 0.358 e. The van der Waals surface area contributed by atoms with Gasteiger partial charge in [-0.15, -0.1) is 11.3 Å². The van der Waals surface area contributed by atoms with Crippen molar-refractivity contribution in [3.63, 3.8) is 0 Å². The number of amides is 1. The highest BCUT2D eigenvalue weighted by Gasteiger charge is 2.40. The number of esters is 1. The number of Topliss-reactive ketones (excluding diaryl/α,β-unsaturated/α-hetero) is 1. The maximum absolute atomic E-state index is 12.8. The van der Waals surface area contributed by atoms with Crippen molar-refractivity contribution in [1.82, 2.24) is 14.9 Å². The molecule has 8 heteroatoms. The van der Waals surface area contributed by atoms with E-state index in [2.05, 4.69) is 9.97 Å². The molecule has 1 atom stereocenters. The van der Waals surface area contributed by atoms with E-state index in [9.17, 15) is 14.4 Å². The lowest BCUT2D eigenvalue weighted by atomic mass is 9.84. The van der Waals surface area contributed by atoms with Crippen molar-refractivity contribution in [1.29, 1.82) is 0 Å². The van der Waals surface area contributed by atoms with Crippen LogP contribution >= 0.6 is 11.3 Å². The van der Waals surface area contributed by atoms with Crippen molar-refractivity contribution in [2.45, 2.75) is 52.7 Å². The topological polar surface area (TPSA) is 89.5 Å². The molecule has 0 unspecified atom stereocenters. The van der Waals surface area contributed by atoms with Gasteiger partial charge in [-0.3, -0.25) is 14.6 Å². The van der Waals surface area contributed by atoms with Crippen LogP contribution in [-0.2, 0) is 20.9 Å². The zero-order valence-corrected chi connectivity index (χ0v) is 17.7. The van der Waals surface area contributed by atoms with Crippen molar-refractivity contribution >= 4 is 29.0 Å². The Morgan fingerprint density at radius 2 is 2.14 bits per heavy atom. The molecule has 0 N–H and O–H groups in total. The SMILES string of the molecule is CCC(C)(C)C(=O)C(=O)N1CCC[C@H]1c1nc(C(=O)OCc2cccnc2)cs1. The van der Waals surface area contributed by atoms with Crippen LogP contribution in [0.3, 0.4) is 0 Å². The Hall–Kier alpha value is -2.61. The van der Waals surface area contributed by atoms with Crippen LogP contribution < -0.4 is 0 Å². The summed E-state index contributed by atoms with van der Waals surface area (Å²) in [5, 5.41) is 2.30. The first-order chi connectivity index (χ1) is 13.8. The average molecular weight is 416 g/mol. The van der Waals surface area contributed by atoms with Gasteiger partial charge in [-0.25, -0.2) is 9.78 Å². The van der Waals surface area contributed by atoms with E-state index in [1.165, 1.54) is 11.3 Å². The van der Waals surface area contributed by atoms with E-state index in [1.807, 2.05) is 13.0 Å². The molecular weight excluding hydrogens is 390 g/mol. The van der Waals surface area contributed by atoms with E-state index >= 15 is 0 Å². The Labute approximate surface area is 174 Å². The summed E-state index contributed by atoms with van der Waals surface area (Å²) < 4.78 is 5.29. The Balaban J connectivity index is 1.68. The van der Waals surface area contributed by atoms with E-state index in [-0.39, 0.29) is 24.1 Å². The van der Waals surface area contributed by atoms with Gasteiger partial charge in [-0.1, -0.05) is 26.8 Å². The fourth-order valence-corrected chi connectivity index (χ4v) is 4.02. The fourth-order valence-electron chi connectivity index (χ4n) is 3.09. The Kier molecular flexibility index (Phi) is 6.42. The predicted octanol–water partition coefficient (Wildman–Crippen LogP) is 3.56. The molecule has 2 aromatic rings. The Morgan fingerprint density at radius 1 is 1.34 bits per heavy atom. The lowest BCUT2D eigenvalue weighted by Crippen LogP contribution is -2.42. The van der Waals surface area contributed by atoms with Crippen molar-refractivity contribution in [3.05, 3.63) is 46.2 Å². The van der Waals surface area contributed by atoms with Gasteiger partial charge in [-0.05, 0) is 25.3 Å². The molecule has 0 radical (unpaired) electrons. The molecule has 3 heterocycles. The van der Waals surface area contributed by atoms with Gasteiger partial charge in [0.25, 0.3) is 5.91 Å². The summed E-state index contributed by atoms with van der Waals surface area (Å²) in [4.78, 5) is 47.7. The van der Waals surface area contributed by atoms with Gasteiger partial charge in [-0.2, -0.15) is 0 Å². The molecule has 2 aromatic heterocycles. The van der Waals surface area contributed by atoms with Gasteiger partial charge in [0.15, 0.2) is 5.69 Å². The van der Waals surface area contributed by atoms with Crippen LogP contribution in [0.15, 0.2) is 29.9 Å². The number of thiazole rings is 1. The second kappa shape index (κ2) is 8.82. The Morgan fingerprint density at radius 3 is 2.83 bits per heavy atom. The summed E-state index contributed by atoms with van der Waals surface area (Å²) >= 11 is 1.31. The van der Waals surface area contributed by atoms with E-state index < -0.39 is 17.3 Å². The number of carbonyl (C=O) groups is 3. The molecule has 1 amide bonds. The molecule has 1 fully saturated rings. The minimum absolute atomic E-state index is 0.119. The first kappa shape index (κ1) is 21.1. The molecule has 7 nitrogen and oxygen atoms in total. The van der Waals surface area contributed by atoms with Gasteiger partial charge in [0.05, 0.1) is 6.04 Å². The zero-order chi connectivity index (χ0) is 21.0. The molecule has 1 aliphatic heterocycles. The first-order valence-corrected chi connectivity index (χ1v) is 10.6. The highest BCUT2D eigenvalue weighted by molar-refractivity contribution is 7.09. The number of likely N-dealkylation sites (tertiary alicyclic amines) is 1. The fraction of sp³-hybridized carbons (Fsp3) is 0.476. The van der Waals surface area contributed by atoms with Crippen LogP contribution in [0.1, 0.15) is 67.1 Å². The minimum Gasteiger partial charge on any atom is -0.456 e. The highest BCUT2D eigenvalue weighted by atomic mass is 32.1. The minimum atomic E-state index is -0.686. The Bertz CT molecular complexity index is 894. The lowest BCUT2D eigenvalue weighted by molar-refractivity contribution is -0.149. The van der Waals surface area contributed by atoms with Crippen molar-refractivity contribution in [2.75, 3.05) is 6.54 Å². The van der Waals surface area contributed by atoms with Gasteiger partial charge in [0.2, 0.25) is 5.78 Å². The molecule has 0 aliphatic carbocycles. The number of hydrogen-bond donors (Lipinski definition) is 0. The van der Waals surface area contributed by atoms with Crippen LogP contribution in [0.25, 0.3) is 0 Å². The van der Waals surface area contributed by atoms with E-state index in [0.717, 1.165) is 18.4 Å². The second-order valence-electron chi connectivity index (χ2n) is 7.73. The largest absolute Gasteiger partial charge is 0.456 e. The van der Waals surface area contributed by atoms with Crippen LogP contribution in [0.4, 0.5) is 0 Å². The van der Waals surface area contributed by atoms with Gasteiger partial charge >= 0.3 is 5.97 Å². The molecule has 1 saturated heterocycles. The monoisotopic (exact) mass is 415 g/mol. The average Bonchev–Trinajstić information content (AvgIpc) is 3.41. The lowest BCUT2D eigenvalue weighted by Gasteiger charge is -2.27. The standard InChI is InChI=1S/C21H25N3O4S/c1-4-21(2,3)17(25)19(26)24-10-6-8-16(24)18-23-15(13-29-18)20(27)28-12-14-7-5-9-22-11-14/h5,7,9,11,13,16H,4,6,8,10,12H2,1-3H3/t16-/m0/s1. The molecule has 0 saturated carbocycles. The highest BCUT2D eigenvalue weighted by Crippen LogP contribution is 2.35. The summed E-state index contributed by atoms with van der Waals surface area (Å²) in [5.41, 5.74) is 0.322. The van der Waals surface area contributed by atoms with Crippen LogP contribution in [0.2, 0.25) is 0 Å². The van der Waals surface area contributed by atoms with Gasteiger partial charge < -0.3 is 9.64 Å². The van der Waals surface area contributed by atoms with E-state index in [1.54, 1.807) is 42.6 Å². The summed E-state index contributed by atoms with van der Waals surface area (Å²) in [6, 6.07) is 3.32. The third kappa shape index (κ3) is 4.70. The maximum Gasteiger partial charge on any atom is 0.358 e. The van der Waals surface area contributed by atoms with Crippen LogP contribution in [0.5, 0.6) is 0 Å². The van der Waals surface area contributed by atoms with Crippen molar-refractivity contribution in [2.24, 2.45) is 5.41 Å². The van der Waals surface area contributed by atoms with E-state index in [4.69, 9.17) is 4.74 Å². The molecular formula is C21H25N3O4S. The third-order valence-corrected chi connectivity index (χ3v) is 6.26. The number of ketones is 1. The number of ether oxygens (including phenoxy) is 1. The molecule has 0 aromatic carbocycles. The maximum atomic E-state index is 12.8. The summed E-state index contributed by atoms with van der Waals surface area (Å²) in [5.74, 6) is -1.36. The molecule has 0 bridgehead atoms. The number of hydrogen-bond acceptors (Lipinski definition) is 7. The van der Waals surface area contributed by atoms with Crippen molar-refractivity contribution < 1.29 is 19.1 Å². The molecule has 3 rings (SSSR count). The van der Waals surface area contributed by atoms with Gasteiger partial charge in [0, 0.05) is 35.3 Å². The quantitative estimate of drug-likeness (QED) is 0.507. The first-order valence-electron chi connectivity index (χ1n) is 9.70. The van der Waals surface area contributed by atoms with Gasteiger partial charge in [0.1, 0.15) is 11.6 Å². The van der Waals surface area contributed by atoms with Crippen LogP contribution in [0, 0.1) is 5.41 Å². The van der Waals surface area contributed by atoms with Crippen LogP contribution in [-0.4, -0.2) is 39.1 Å². The number of carbonyl (C=O) groups excluding carboxylic acids is 3. The third-order valence-electron chi connectivity index (χ3n) is 5.32. The number of aromatic nitrogens is 2. The molecule has 154 valence electrons. The molecule has 0 spiro atoms. The molecule has 29 heavy (non-hydrogen) atoms. The summed E-state index contributed by atoms with van der Waals surface area (Å²) in [6.07, 6.45) is 5.41. The number of nitrogens with zero attached hydrogens (tertiary/aromatic N) is 3. The number of pyridine rings is 1. The normalized spacial score (nSPS) is 16.7. The van der Waals surface area contributed by atoms with E-state index in [0.29, 0.717) is 18.0 Å².